The molecule has 0 saturated heterocycles. The summed E-state index contributed by atoms with van der Waals surface area (Å²) in [6, 6.07) is 14.6. The summed E-state index contributed by atoms with van der Waals surface area (Å²) in [5.41, 5.74) is 1.60. The molecule has 0 aliphatic carbocycles. The Morgan fingerprint density at radius 1 is 1.24 bits per heavy atom. The van der Waals surface area contributed by atoms with E-state index in [2.05, 4.69) is 29.4 Å². The average molecular weight is 337 g/mol. The van der Waals surface area contributed by atoms with Gasteiger partial charge in [0.15, 0.2) is 0 Å². The lowest BCUT2D eigenvalue weighted by Crippen LogP contribution is -2.36. The van der Waals surface area contributed by atoms with Crippen LogP contribution in [0.4, 0.5) is 4.39 Å². The first-order valence-electron chi connectivity index (χ1n) is 8.64. The molecular weight excluding hydrogens is 317 g/mol. The minimum absolute atomic E-state index is 0.00566. The molecule has 2 aromatic carbocycles. The molecular formula is C20H20FN3O. The highest BCUT2D eigenvalue weighted by atomic mass is 19.1. The van der Waals surface area contributed by atoms with Crippen LogP contribution in [0.5, 0.6) is 0 Å². The Morgan fingerprint density at radius 2 is 2.04 bits per heavy atom. The fourth-order valence-electron chi connectivity index (χ4n) is 3.57. The van der Waals surface area contributed by atoms with Crippen LogP contribution in [-0.4, -0.2) is 9.55 Å². The molecule has 0 radical (unpaired) electrons. The van der Waals surface area contributed by atoms with Crippen LogP contribution < -0.4 is 10.9 Å². The molecule has 128 valence electrons. The third-order valence-corrected chi connectivity index (χ3v) is 4.88. The second kappa shape index (κ2) is 6.41. The molecule has 5 heteroatoms. The molecule has 1 aromatic heterocycles. The van der Waals surface area contributed by atoms with Crippen LogP contribution in [0.2, 0.25) is 0 Å². The van der Waals surface area contributed by atoms with Crippen LogP contribution in [0.1, 0.15) is 43.2 Å². The molecule has 1 aliphatic rings. The quantitative estimate of drug-likeness (QED) is 0.792. The maximum Gasteiger partial charge on any atom is 0.261 e. The van der Waals surface area contributed by atoms with Crippen LogP contribution in [-0.2, 0) is 6.54 Å². The van der Waals surface area contributed by atoms with E-state index < -0.39 is 5.82 Å². The molecule has 0 saturated carbocycles. The van der Waals surface area contributed by atoms with Gasteiger partial charge in [-0.2, -0.15) is 0 Å². The standard InChI is InChI=1S/C20H20FN3O/c1-13(14-6-3-2-4-7-14)22-18-8-5-11-24-19(18)23-17-10-9-15(21)12-16(17)20(24)25/h2-4,6-7,9-10,12-13,18,22H,5,8,11H2,1H3. The van der Waals surface area contributed by atoms with Crippen LogP contribution >= 0.6 is 0 Å². The molecule has 4 nitrogen and oxygen atoms in total. The summed E-state index contributed by atoms with van der Waals surface area (Å²) in [6.07, 6.45) is 1.82. The van der Waals surface area contributed by atoms with Gasteiger partial charge in [-0.25, -0.2) is 9.37 Å². The van der Waals surface area contributed by atoms with Crippen molar-refractivity contribution in [3.05, 3.63) is 76.1 Å². The van der Waals surface area contributed by atoms with Crippen molar-refractivity contribution in [2.75, 3.05) is 0 Å². The summed E-state index contributed by atoms with van der Waals surface area (Å²) in [5.74, 6) is 0.341. The van der Waals surface area contributed by atoms with Gasteiger partial charge >= 0.3 is 0 Å². The highest BCUT2D eigenvalue weighted by molar-refractivity contribution is 5.77. The van der Waals surface area contributed by atoms with E-state index in [9.17, 15) is 9.18 Å². The summed E-state index contributed by atoms with van der Waals surface area (Å²) in [4.78, 5) is 17.4. The van der Waals surface area contributed by atoms with Gasteiger partial charge in [-0.3, -0.25) is 9.36 Å². The number of hydrogen-bond donors (Lipinski definition) is 1. The largest absolute Gasteiger partial charge is 0.301 e. The van der Waals surface area contributed by atoms with E-state index in [0.29, 0.717) is 17.4 Å². The van der Waals surface area contributed by atoms with Gasteiger partial charge in [0, 0.05) is 12.6 Å². The van der Waals surface area contributed by atoms with Crippen molar-refractivity contribution in [2.45, 2.75) is 38.4 Å². The van der Waals surface area contributed by atoms with Crippen molar-refractivity contribution >= 4 is 10.9 Å². The average Bonchev–Trinajstić information content (AvgIpc) is 2.64. The van der Waals surface area contributed by atoms with Crippen molar-refractivity contribution in [3.8, 4) is 0 Å². The predicted molar refractivity (Wildman–Crippen MR) is 95.9 cm³/mol. The number of aromatic nitrogens is 2. The Balaban J connectivity index is 1.73. The minimum atomic E-state index is -0.407. The maximum absolute atomic E-state index is 13.5. The van der Waals surface area contributed by atoms with E-state index in [1.54, 1.807) is 10.6 Å². The van der Waals surface area contributed by atoms with E-state index in [1.165, 1.54) is 17.7 Å². The van der Waals surface area contributed by atoms with Crippen LogP contribution in [0.15, 0.2) is 53.3 Å². The topological polar surface area (TPSA) is 46.9 Å². The summed E-state index contributed by atoms with van der Waals surface area (Å²) in [6.45, 7) is 2.74. The second-order valence-electron chi connectivity index (χ2n) is 6.58. The number of rotatable bonds is 3. The summed E-state index contributed by atoms with van der Waals surface area (Å²) >= 11 is 0. The number of hydrogen-bond acceptors (Lipinski definition) is 3. The third kappa shape index (κ3) is 2.96. The zero-order chi connectivity index (χ0) is 17.4. The molecule has 3 aromatic rings. The zero-order valence-corrected chi connectivity index (χ0v) is 14.1. The van der Waals surface area contributed by atoms with Gasteiger partial charge in [0.2, 0.25) is 0 Å². The van der Waals surface area contributed by atoms with Gasteiger partial charge < -0.3 is 5.32 Å². The van der Waals surface area contributed by atoms with E-state index >= 15 is 0 Å². The summed E-state index contributed by atoms with van der Waals surface area (Å²) in [7, 11) is 0. The number of fused-ring (bicyclic) bond motifs is 2. The fourth-order valence-corrected chi connectivity index (χ4v) is 3.57. The molecule has 0 spiro atoms. The molecule has 2 atom stereocenters. The Kier molecular flexibility index (Phi) is 4.09. The van der Waals surface area contributed by atoms with Crippen LogP contribution in [0, 0.1) is 5.82 Å². The molecule has 0 bridgehead atoms. The second-order valence-corrected chi connectivity index (χ2v) is 6.58. The van der Waals surface area contributed by atoms with E-state index in [4.69, 9.17) is 0 Å². The van der Waals surface area contributed by atoms with Gasteiger partial charge in [0.1, 0.15) is 11.6 Å². The third-order valence-electron chi connectivity index (χ3n) is 4.88. The Hall–Kier alpha value is -2.53. The molecule has 0 amide bonds. The van der Waals surface area contributed by atoms with Crippen molar-refractivity contribution in [1.29, 1.82) is 0 Å². The normalized spacial score (nSPS) is 18.1. The summed E-state index contributed by atoms with van der Waals surface area (Å²) < 4.78 is 15.2. The first-order valence-corrected chi connectivity index (χ1v) is 8.64. The lowest BCUT2D eigenvalue weighted by molar-refractivity contribution is 0.349. The molecule has 4 rings (SSSR count). The van der Waals surface area contributed by atoms with E-state index in [-0.39, 0.29) is 17.6 Å². The van der Waals surface area contributed by atoms with Crippen molar-refractivity contribution < 1.29 is 4.39 Å². The highest BCUT2D eigenvalue weighted by Gasteiger charge is 2.25. The van der Waals surface area contributed by atoms with Crippen LogP contribution in [0.25, 0.3) is 10.9 Å². The number of halogens is 1. The maximum atomic E-state index is 13.5. The molecule has 0 fully saturated rings. The Morgan fingerprint density at radius 3 is 2.84 bits per heavy atom. The fraction of sp³-hybridized carbons (Fsp3) is 0.300. The van der Waals surface area contributed by atoms with E-state index in [1.807, 2.05) is 18.2 Å². The van der Waals surface area contributed by atoms with Gasteiger partial charge in [0.05, 0.1) is 16.9 Å². The Labute approximate surface area is 145 Å². The molecule has 2 heterocycles. The number of benzene rings is 2. The zero-order valence-electron chi connectivity index (χ0n) is 14.1. The molecule has 1 N–H and O–H groups in total. The van der Waals surface area contributed by atoms with Gasteiger partial charge in [-0.05, 0) is 43.5 Å². The van der Waals surface area contributed by atoms with Crippen molar-refractivity contribution in [1.82, 2.24) is 14.9 Å². The highest BCUT2D eigenvalue weighted by Crippen LogP contribution is 2.27. The first-order chi connectivity index (χ1) is 12.1. The van der Waals surface area contributed by atoms with Crippen LogP contribution in [0.3, 0.4) is 0 Å². The molecule has 25 heavy (non-hydrogen) atoms. The molecule has 1 aliphatic heterocycles. The first kappa shape index (κ1) is 16.0. The van der Waals surface area contributed by atoms with Crippen molar-refractivity contribution in [3.63, 3.8) is 0 Å². The monoisotopic (exact) mass is 337 g/mol. The van der Waals surface area contributed by atoms with Gasteiger partial charge in [-0.1, -0.05) is 30.3 Å². The van der Waals surface area contributed by atoms with Gasteiger partial charge in [0.25, 0.3) is 5.56 Å². The number of nitrogens with one attached hydrogen (secondary N) is 1. The Bertz CT molecular complexity index is 968. The smallest absolute Gasteiger partial charge is 0.261 e. The SMILES string of the molecule is CC(NC1CCCn2c1nc1ccc(F)cc1c2=O)c1ccccc1. The van der Waals surface area contributed by atoms with Crippen molar-refractivity contribution in [2.24, 2.45) is 0 Å². The molecule has 2 unspecified atom stereocenters. The number of nitrogens with zero attached hydrogens (tertiary/aromatic N) is 2. The predicted octanol–water partition coefficient (Wildman–Crippen LogP) is 3.72. The van der Waals surface area contributed by atoms with Gasteiger partial charge in [-0.15, -0.1) is 0 Å². The van der Waals surface area contributed by atoms with E-state index in [0.717, 1.165) is 18.7 Å². The lowest BCUT2D eigenvalue weighted by Gasteiger charge is -2.29. The summed E-state index contributed by atoms with van der Waals surface area (Å²) in [5, 5.41) is 3.95. The minimum Gasteiger partial charge on any atom is -0.301 e. The lowest BCUT2D eigenvalue weighted by atomic mass is 10.0.